The number of carbonyl (C=O) groups excluding carboxylic acids is 1. The van der Waals surface area contributed by atoms with Crippen LogP contribution in [-0.2, 0) is 7.05 Å². The molecule has 4 nitrogen and oxygen atoms in total. The van der Waals surface area contributed by atoms with E-state index in [4.69, 9.17) is 0 Å². The molecule has 1 fully saturated rings. The molecule has 126 valence electrons. The molecule has 1 aromatic heterocycles. The zero-order valence-corrected chi connectivity index (χ0v) is 13.3. The molecule has 24 heavy (non-hydrogen) atoms. The van der Waals surface area contributed by atoms with Crippen LogP contribution in [0.3, 0.4) is 0 Å². The fourth-order valence-electron chi connectivity index (χ4n) is 3.11. The van der Waals surface area contributed by atoms with Crippen molar-refractivity contribution in [3.63, 3.8) is 0 Å². The van der Waals surface area contributed by atoms with Gasteiger partial charge in [-0.1, -0.05) is 0 Å². The molecule has 3 rings (SSSR count). The van der Waals surface area contributed by atoms with Crippen LogP contribution < -0.4 is 5.56 Å². The van der Waals surface area contributed by atoms with E-state index in [-0.39, 0.29) is 17.4 Å². The molecule has 6 heteroatoms. The molecule has 1 amide bonds. The minimum absolute atomic E-state index is 0.245. The van der Waals surface area contributed by atoms with Crippen molar-refractivity contribution in [1.29, 1.82) is 0 Å². The molecule has 0 saturated carbocycles. The average molecular weight is 332 g/mol. The average Bonchev–Trinajstić information content (AvgIpc) is 2.59. The zero-order chi connectivity index (χ0) is 17.3. The first kappa shape index (κ1) is 16.4. The Morgan fingerprint density at radius 3 is 2.75 bits per heavy atom. The second-order valence-corrected chi connectivity index (χ2v) is 6.12. The molecule has 1 saturated heterocycles. The van der Waals surface area contributed by atoms with Gasteiger partial charge in [-0.05, 0) is 42.7 Å². The predicted octanol–water partition coefficient (Wildman–Crippen LogP) is 2.68. The maximum absolute atomic E-state index is 14.0. The molecule has 0 bridgehead atoms. The second-order valence-electron chi connectivity index (χ2n) is 6.12. The highest BCUT2D eigenvalue weighted by Gasteiger charge is 2.27. The third kappa shape index (κ3) is 3.22. The third-order valence-electron chi connectivity index (χ3n) is 4.46. The van der Waals surface area contributed by atoms with Crippen LogP contribution in [0.25, 0.3) is 0 Å². The number of hydrogen-bond donors (Lipinski definition) is 0. The molecular formula is C18H18F2N2O2. The summed E-state index contributed by atoms with van der Waals surface area (Å²) in [4.78, 5) is 25.9. The van der Waals surface area contributed by atoms with E-state index in [0.29, 0.717) is 37.1 Å². The van der Waals surface area contributed by atoms with Crippen molar-refractivity contribution >= 4 is 5.91 Å². The molecule has 1 atom stereocenters. The number of aryl methyl sites for hydroxylation is 1. The Morgan fingerprint density at radius 1 is 1.21 bits per heavy atom. The van der Waals surface area contributed by atoms with Gasteiger partial charge in [-0.3, -0.25) is 9.59 Å². The monoisotopic (exact) mass is 332 g/mol. The molecule has 0 aliphatic carbocycles. The molecule has 0 radical (unpaired) electrons. The number of halogens is 2. The molecular weight excluding hydrogens is 314 g/mol. The molecule has 0 unspecified atom stereocenters. The minimum atomic E-state index is -0.485. The van der Waals surface area contributed by atoms with Gasteiger partial charge in [-0.2, -0.15) is 0 Å². The Balaban J connectivity index is 1.82. The first-order valence-corrected chi connectivity index (χ1v) is 7.86. The van der Waals surface area contributed by atoms with Gasteiger partial charge >= 0.3 is 0 Å². The SMILES string of the molecule is Cn1ccc(C(=O)N2CCC[C@@H](c3cc(F)ccc3F)C2)cc1=O. The Bertz CT molecular complexity index is 832. The van der Waals surface area contributed by atoms with Crippen molar-refractivity contribution in [3.05, 3.63) is 69.6 Å². The van der Waals surface area contributed by atoms with E-state index in [1.54, 1.807) is 24.2 Å². The number of nitrogens with zero attached hydrogens (tertiary/aromatic N) is 2. The number of likely N-dealkylation sites (tertiary alicyclic amines) is 1. The minimum Gasteiger partial charge on any atom is -0.338 e. The van der Waals surface area contributed by atoms with E-state index in [9.17, 15) is 18.4 Å². The number of amides is 1. The van der Waals surface area contributed by atoms with Crippen LogP contribution in [0.5, 0.6) is 0 Å². The fraction of sp³-hybridized carbons (Fsp3) is 0.333. The molecule has 1 aromatic carbocycles. The van der Waals surface area contributed by atoms with Crippen LogP contribution in [-0.4, -0.2) is 28.5 Å². The lowest BCUT2D eigenvalue weighted by atomic mass is 9.90. The van der Waals surface area contributed by atoms with Gasteiger partial charge in [0.25, 0.3) is 11.5 Å². The van der Waals surface area contributed by atoms with Crippen molar-refractivity contribution in [2.75, 3.05) is 13.1 Å². The number of benzene rings is 1. The Morgan fingerprint density at radius 2 is 2.00 bits per heavy atom. The standard InChI is InChI=1S/C18H18F2N2O2/c1-21-8-6-12(9-17(21)23)18(24)22-7-2-3-13(11-22)15-10-14(19)4-5-16(15)20/h4-6,8-10,13H,2-3,7,11H2,1H3/t13-/m1/s1. The lowest BCUT2D eigenvalue weighted by Gasteiger charge is -2.33. The Kier molecular flexibility index (Phi) is 4.46. The molecule has 1 aliphatic heterocycles. The van der Waals surface area contributed by atoms with Crippen molar-refractivity contribution in [1.82, 2.24) is 9.47 Å². The van der Waals surface area contributed by atoms with E-state index in [0.717, 1.165) is 12.1 Å². The van der Waals surface area contributed by atoms with Gasteiger partial charge in [-0.25, -0.2) is 8.78 Å². The van der Waals surface area contributed by atoms with Gasteiger partial charge in [0.1, 0.15) is 11.6 Å². The highest BCUT2D eigenvalue weighted by atomic mass is 19.1. The van der Waals surface area contributed by atoms with Gasteiger partial charge in [-0.15, -0.1) is 0 Å². The summed E-state index contributed by atoms with van der Waals surface area (Å²) >= 11 is 0. The van der Waals surface area contributed by atoms with E-state index >= 15 is 0 Å². The van der Waals surface area contributed by atoms with Gasteiger partial charge in [0.15, 0.2) is 0 Å². The number of aromatic nitrogens is 1. The number of piperidine rings is 1. The van der Waals surface area contributed by atoms with Crippen LogP contribution in [0.2, 0.25) is 0 Å². The third-order valence-corrected chi connectivity index (χ3v) is 4.46. The largest absolute Gasteiger partial charge is 0.338 e. The predicted molar refractivity (Wildman–Crippen MR) is 85.9 cm³/mol. The Labute approximate surface area is 138 Å². The summed E-state index contributed by atoms with van der Waals surface area (Å²) in [6.45, 7) is 0.857. The van der Waals surface area contributed by atoms with Crippen LogP contribution in [0.15, 0.2) is 41.3 Å². The normalized spacial score (nSPS) is 17.8. The van der Waals surface area contributed by atoms with Crippen LogP contribution in [0.1, 0.15) is 34.7 Å². The summed E-state index contributed by atoms with van der Waals surface area (Å²) in [6.07, 6.45) is 2.95. The first-order chi connectivity index (χ1) is 11.5. The number of hydrogen-bond acceptors (Lipinski definition) is 2. The van der Waals surface area contributed by atoms with Crippen LogP contribution in [0.4, 0.5) is 8.78 Å². The van der Waals surface area contributed by atoms with Crippen molar-refractivity contribution in [2.45, 2.75) is 18.8 Å². The topological polar surface area (TPSA) is 42.3 Å². The smallest absolute Gasteiger partial charge is 0.254 e. The van der Waals surface area contributed by atoms with E-state index < -0.39 is 11.6 Å². The van der Waals surface area contributed by atoms with Crippen LogP contribution >= 0.6 is 0 Å². The first-order valence-electron chi connectivity index (χ1n) is 7.86. The van der Waals surface area contributed by atoms with E-state index in [2.05, 4.69) is 0 Å². The summed E-state index contributed by atoms with van der Waals surface area (Å²) in [7, 11) is 1.61. The summed E-state index contributed by atoms with van der Waals surface area (Å²) < 4.78 is 28.8. The second kappa shape index (κ2) is 6.55. The van der Waals surface area contributed by atoms with Gasteiger partial charge in [0.2, 0.25) is 0 Å². The van der Waals surface area contributed by atoms with E-state index in [1.165, 1.54) is 16.7 Å². The van der Waals surface area contributed by atoms with Crippen LogP contribution in [0, 0.1) is 11.6 Å². The zero-order valence-electron chi connectivity index (χ0n) is 13.3. The summed E-state index contributed by atoms with van der Waals surface area (Å²) in [5.74, 6) is -1.44. The van der Waals surface area contributed by atoms with Gasteiger partial charge in [0.05, 0.1) is 0 Å². The quantitative estimate of drug-likeness (QED) is 0.848. The molecule has 2 aromatic rings. The van der Waals surface area contributed by atoms with Crippen molar-refractivity contribution in [2.24, 2.45) is 7.05 Å². The summed E-state index contributed by atoms with van der Waals surface area (Å²) in [6, 6.07) is 6.30. The van der Waals surface area contributed by atoms with Gasteiger partial charge < -0.3 is 9.47 Å². The lowest BCUT2D eigenvalue weighted by Crippen LogP contribution is -2.39. The van der Waals surface area contributed by atoms with Crippen molar-refractivity contribution in [3.8, 4) is 0 Å². The van der Waals surface area contributed by atoms with E-state index in [1.807, 2.05) is 0 Å². The van der Waals surface area contributed by atoms with Crippen molar-refractivity contribution < 1.29 is 13.6 Å². The summed E-state index contributed by atoms with van der Waals surface area (Å²) in [5, 5.41) is 0. The number of rotatable bonds is 2. The van der Waals surface area contributed by atoms with Gasteiger partial charge in [0, 0.05) is 43.9 Å². The molecule has 0 N–H and O–H groups in total. The highest BCUT2D eigenvalue weighted by molar-refractivity contribution is 5.94. The maximum atomic E-state index is 14.0. The molecule has 1 aliphatic rings. The molecule has 0 spiro atoms. The maximum Gasteiger partial charge on any atom is 0.254 e. The number of carbonyl (C=O) groups is 1. The highest BCUT2D eigenvalue weighted by Crippen LogP contribution is 2.29. The fourth-order valence-corrected chi connectivity index (χ4v) is 3.11. The molecule has 2 heterocycles. The number of pyridine rings is 1. The summed E-state index contributed by atoms with van der Waals surface area (Å²) in [5.41, 5.74) is 0.362. The lowest BCUT2D eigenvalue weighted by molar-refractivity contribution is 0.0705. The Hall–Kier alpha value is -2.50.